The Kier molecular flexibility index (Phi) is 4.20. The normalized spacial score (nSPS) is 10.1. The van der Waals surface area contributed by atoms with E-state index in [9.17, 15) is 14.0 Å². The lowest BCUT2D eigenvalue weighted by Crippen LogP contribution is -2.19. The van der Waals surface area contributed by atoms with Gasteiger partial charge in [0.25, 0.3) is 5.78 Å². The van der Waals surface area contributed by atoms with E-state index < -0.39 is 17.7 Å². The molecule has 20 heavy (non-hydrogen) atoms. The van der Waals surface area contributed by atoms with Crippen LogP contribution in [0.4, 0.5) is 4.39 Å². The van der Waals surface area contributed by atoms with Crippen LogP contribution in [-0.2, 0) is 9.53 Å². The van der Waals surface area contributed by atoms with Gasteiger partial charge in [-0.1, -0.05) is 30.3 Å². The summed E-state index contributed by atoms with van der Waals surface area (Å²) in [5.74, 6) is -3.10. The number of aromatic nitrogens is 1. The lowest BCUT2D eigenvalue weighted by Gasteiger charge is -2.04. The number of rotatable bonds is 4. The van der Waals surface area contributed by atoms with E-state index in [1.54, 1.807) is 31.2 Å². The van der Waals surface area contributed by atoms with Crippen LogP contribution in [0.5, 0.6) is 0 Å². The molecule has 0 aliphatic carbocycles. The van der Waals surface area contributed by atoms with Crippen LogP contribution < -0.4 is 0 Å². The predicted octanol–water partition coefficient (Wildman–Crippen LogP) is 2.63. The number of ether oxygens (including phenoxy) is 1. The van der Waals surface area contributed by atoms with Crippen molar-refractivity contribution in [3.05, 3.63) is 54.0 Å². The monoisotopic (exact) mass is 273 g/mol. The number of pyridine rings is 1. The summed E-state index contributed by atoms with van der Waals surface area (Å²) in [5.41, 5.74) is 0.730. The molecule has 0 atom stereocenters. The Morgan fingerprint density at radius 2 is 1.85 bits per heavy atom. The minimum atomic E-state index is -1.08. The van der Waals surface area contributed by atoms with Crippen molar-refractivity contribution >= 4 is 11.8 Å². The van der Waals surface area contributed by atoms with Gasteiger partial charge in [-0.25, -0.2) is 9.78 Å². The summed E-state index contributed by atoms with van der Waals surface area (Å²) in [6.45, 7) is 1.63. The summed E-state index contributed by atoms with van der Waals surface area (Å²) in [7, 11) is 0. The Bertz CT molecular complexity index is 641. The molecule has 0 amide bonds. The maximum Gasteiger partial charge on any atom is 0.379 e. The van der Waals surface area contributed by atoms with Crippen molar-refractivity contribution in [1.82, 2.24) is 4.98 Å². The first-order chi connectivity index (χ1) is 9.63. The van der Waals surface area contributed by atoms with Gasteiger partial charge in [0.05, 0.1) is 17.9 Å². The Balaban J connectivity index is 2.31. The standard InChI is InChI=1S/C15H12FNO3/c1-2-20-15(19)13(18)11-8-9-12(17-14(11)16)10-6-4-3-5-7-10/h3-9H,2H2,1H3. The molecule has 1 aromatic heterocycles. The zero-order valence-corrected chi connectivity index (χ0v) is 10.8. The van der Waals surface area contributed by atoms with Crippen LogP contribution in [0, 0.1) is 5.95 Å². The van der Waals surface area contributed by atoms with Crippen molar-refractivity contribution in [2.45, 2.75) is 6.92 Å². The van der Waals surface area contributed by atoms with Crippen LogP contribution in [-0.4, -0.2) is 23.3 Å². The van der Waals surface area contributed by atoms with Crippen LogP contribution in [0.25, 0.3) is 11.3 Å². The molecule has 0 bridgehead atoms. The third-order valence-corrected chi connectivity index (χ3v) is 2.62. The minimum absolute atomic E-state index is 0.0573. The summed E-state index contributed by atoms with van der Waals surface area (Å²) in [6, 6.07) is 11.7. The van der Waals surface area contributed by atoms with Crippen molar-refractivity contribution in [3.8, 4) is 11.3 Å². The van der Waals surface area contributed by atoms with Gasteiger partial charge in [0.1, 0.15) is 0 Å². The molecule has 0 aliphatic heterocycles. The molecule has 0 fully saturated rings. The van der Waals surface area contributed by atoms with E-state index in [1.165, 1.54) is 12.1 Å². The highest BCUT2D eigenvalue weighted by Crippen LogP contribution is 2.18. The van der Waals surface area contributed by atoms with Crippen molar-refractivity contribution < 1.29 is 18.7 Å². The van der Waals surface area contributed by atoms with Gasteiger partial charge in [-0.2, -0.15) is 4.39 Å². The molecule has 0 N–H and O–H groups in total. The first-order valence-corrected chi connectivity index (χ1v) is 6.07. The maximum absolute atomic E-state index is 13.8. The first kappa shape index (κ1) is 13.9. The topological polar surface area (TPSA) is 56.3 Å². The van der Waals surface area contributed by atoms with Crippen LogP contribution in [0.3, 0.4) is 0 Å². The van der Waals surface area contributed by atoms with E-state index in [1.807, 2.05) is 6.07 Å². The number of nitrogens with zero attached hydrogens (tertiary/aromatic N) is 1. The van der Waals surface area contributed by atoms with Gasteiger partial charge < -0.3 is 4.74 Å². The molecule has 1 heterocycles. The number of hydrogen-bond donors (Lipinski definition) is 0. The zero-order chi connectivity index (χ0) is 14.5. The Morgan fingerprint density at radius 3 is 2.45 bits per heavy atom. The molecule has 1 aromatic carbocycles. The van der Waals surface area contributed by atoms with E-state index in [-0.39, 0.29) is 12.2 Å². The average molecular weight is 273 g/mol. The van der Waals surface area contributed by atoms with Gasteiger partial charge in [-0.05, 0) is 19.1 Å². The predicted molar refractivity (Wildman–Crippen MR) is 70.6 cm³/mol. The Labute approximate surface area is 115 Å². The Hall–Kier alpha value is -2.56. The van der Waals surface area contributed by atoms with E-state index in [2.05, 4.69) is 9.72 Å². The molecule has 2 aromatic rings. The lowest BCUT2D eigenvalue weighted by molar-refractivity contribution is -0.137. The number of Topliss-reactive ketones (excluding diaryl/α,β-unsaturated/α-hetero) is 1. The summed E-state index contributed by atoms with van der Waals surface area (Å²) >= 11 is 0. The second kappa shape index (κ2) is 6.06. The highest BCUT2D eigenvalue weighted by molar-refractivity contribution is 6.40. The van der Waals surface area contributed by atoms with Crippen molar-refractivity contribution in [3.63, 3.8) is 0 Å². The molecule has 5 heteroatoms. The molecular weight excluding hydrogens is 261 g/mol. The molecule has 0 saturated heterocycles. The summed E-state index contributed by atoms with van der Waals surface area (Å²) < 4.78 is 18.4. The third kappa shape index (κ3) is 2.88. The van der Waals surface area contributed by atoms with Gasteiger partial charge in [-0.3, -0.25) is 4.79 Å². The summed E-state index contributed by atoms with van der Waals surface area (Å²) in [5, 5.41) is 0. The number of carbonyl (C=O) groups excluding carboxylic acids is 2. The molecule has 0 unspecified atom stereocenters. The maximum atomic E-state index is 13.8. The molecule has 0 spiro atoms. The van der Waals surface area contributed by atoms with E-state index in [0.29, 0.717) is 5.69 Å². The van der Waals surface area contributed by atoms with Gasteiger partial charge >= 0.3 is 5.97 Å². The van der Waals surface area contributed by atoms with Gasteiger partial charge in [0.15, 0.2) is 0 Å². The fraction of sp³-hybridized carbons (Fsp3) is 0.133. The second-order valence-electron chi connectivity index (χ2n) is 3.95. The van der Waals surface area contributed by atoms with E-state index in [0.717, 1.165) is 5.56 Å². The lowest BCUT2D eigenvalue weighted by atomic mass is 10.1. The highest BCUT2D eigenvalue weighted by Gasteiger charge is 2.22. The SMILES string of the molecule is CCOC(=O)C(=O)c1ccc(-c2ccccc2)nc1F. The van der Waals surface area contributed by atoms with Gasteiger partial charge in [-0.15, -0.1) is 0 Å². The van der Waals surface area contributed by atoms with Gasteiger partial charge in [0, 0.05) is 5.56 Å². The number of halogens is 1. The number of ketones is 1. The van der Waals surface area contributed by atoms with E-state index in [4.69, 9.17) is 0 Å². The van der Waals surface area contributed by atoms with Crippen LogP contribution >= 0.6 is 0 Å². The fourth-order valence-corrected chi connectivity index (χ4v) is 1.68. The molecule has 0 aliphatic rings. The quantitative estimate of drug-likeness (QED) is 0.372. The summed E-state index contributed by atoms with van der Waals surface area (Å²) in [4.78, 5) is 26.6. The zero-order valence-electron chi connectivity index (χ0n) is 10.8. The number of carbonyl (C=O) groups is 2. The number of esters is 1. The van der Waals surface area contributed by atoms with Crippen LogP contribution in [0.2, 0.25) is 0 Å². The molecule has 2 rings (SSSR count). The first-order valence-electron chi connectivity index (χ1n) is 6.07. The molecule has 0 saturated carbocycles. The Morgan fingerprint density at radius 1 is 1.15 bits per heavy atom. The smallest absolute Gasteiger partial charge is 0.379 e. The van der Waals surface area contributed by atoms with E-state index >= 15 is 0 Å². The molecular formula is C15H12FNO3. The molecule has 0 radical (unpaired) electrons. The highest BCUT2D eigenvalue weighted by atomic mass is 19.1. The van der Waals surface area contributed by atoms with Crippen LogP contribution in [0.15, 0.2) is 42.5 Å². The van der Waals surface area contributed by atoms with Crippen molar-refractivity contribution in [2.24, 2.45) is 0 Å². The second-order valence-corrected chi connectivity index (χ2v) is 3.95. The van der Waals surface area contributed by atoms with Gasteiger partial charge in [0.2, 0.25) is 5.95 Å². The molecule has 102 valence electrons. The summed E-state index contributed by atoms with van der Waals surface area (Å²) in [6.07, 6.45) is 0. The minimum Gasteiger partial charge on any atom is -0.460 e. The van der Waals surface area contributed by atoms with Crippen molar-refractivity contribution in [1.29, 1.82) is 0 Å². The van der Waals surface area contributed by atoms with Crippen molar-refractivity contribution in [2.75, 3.05) is 6.61 Å². The number of benzene rings is 1. The fourth-order valence-electron chi connectivity index (χ4n) is 1.68. The number of hydrogen-bond acceptors (Lipinski definition) is 4. The average Bonchev–Trinajstić information content (AvgIpc) is 2.47. The van der Waals surface area contributed by atoms with Crippen LogP contribution in [0.1, 0.15) is 17.3 Å². The molecule has 4 nitrogen and oxygen atoms in total. The largest absolute Gasteiger partial charge is 0.460 e. The third-order valence-electron chi connectivity index (χ3n) is 2.62.